The second-order valence-electron chi connectivity index (χ2n) is 11.8. The van der Waals surface area contributed by atoms with Crippen LogP contribution < -0.4 is 48.0 Å². The lowest BCUT2D eigenvalue weighted by atomic mass is 9.78. The molecule has 0 amide bonds. The summed E-state index contributed by atoms with van der Waals surface area (Å²) in [4.78, 5) is 0. The lowest BCUT2D eigenvalue weighted by Gasteiger charge is -2.52. The number of hydrogen-bond donors (Lipinski definition) is 0. The van der Waals surface area contributed by atoms with Crippen LogP contribution in [0.2, 0.25) is 0 Å². The van der Waals surface area contributed by atoms with Crippen LogP contribution in [-0.4, -0.2) is 61.3 Å². The van der Waals surface area contributed by atoms with Crippen molar-refractivity contribution in [1.82, 2.24) is 0 Å². The van der Waals surface area contributed by atoms with Crippen LogP contribution in [0.5, 0.6) is 0 Å². The molecule has 0 aromatic carbocycles. The molecule has 6 fully saturated rings. The molecule has 0 saturated carbocycles. The van der Waals surface area contributed by atoms with Crippen molar-refractivity contribution >= 4 is 0 Å². The van der Waals surface area contributed by atoms with Crippen LogP contribution in [0.3, 0.4) is 0 Å². The molecule has 30 heavy (non-hydrogen) atoms. The molecule has 4 bridgehead atoms. The summed E-state index contributed by atoms with van der Waals surface area (Å²) in [6, 6.07) is 0. The summed E-state index contributed by atoms with van der Waals surface area (Å²) in [5.41, 5.74) is 0. The Labute approximate surface area is 222 Å². The molecule has 0 N–H and O–H groups in total. The Bertz CT molecular complexity index is 437. The van der Waals surface area contributed by atoms with Gasteiger partial charge in [0.05, 0.1) is 52.4 Å². The maximum atomic E-state index is 2.52. The van der Waals surface area contributed by atoms with Crippen molar-refractivity contribution in [3.63, 3.8) is 0 Å². The van der Waals surface area contributed by atoms with Crippen molar-refractivity contribution in [1.29, 1.82) is 0 Å². The predicted molar refractivity (Wildman–Crippen MR) is 120 cm³/mol. The molecule has 6 rings (SSSR count). The Morgan fingerprint density at radius 3 is 1.10 bits per heavy atom. The third-order valence-corrected chi connectivity index (χ3v) is 9.87. The highest BCUT2D eigenvalue weighted by Gasteiger charge is 2.44. The number of halogens is 2. The Kier molecular flexibility index (Phi) is 11.7. The molecular formula is C26H50I2N2. The van der Waals surface area contributed by atoms with Gasteiger partial charge in [0.15, 0.2) is 0 Å². The lowest BCUT2D eigenvalue weighted by Crippen LogP contribution is -3.00. The first-order valence-corrected chi connectivity index (χ1v) is 13.3. The van der Waals surface area contributed by atoms with E-state index in [0.29, 0.717) is 0 Å². The standard InChI is InChI=1S/C26H50N2.2HI/c1-23-21-27(17-11-25(23)12-18-27)15-9-7-5-3-4-6-8-10-16-28-19-13-26(14-20-28)24(2)22-28;;/h23-26H,3-22H2,1-2H3;2*1H/q+2;;/p-2. The molecule has 0 aromatic rings. The Balaban J connectivity index is 0.00000160. The van der Waals surface area contributed by atoms with Gasteiger partial charge in [0, 0.05) is 37.5 Å². The molecule has 6 heterocycles. The fraction of sp³-hybridized carbons (Fsp3) is 1.00. The summed E-state index contributed by atoms with van der Waals surface area (Å²) in [6.45, 7) is 17.1. The fourth-order valence-corrected chi connectivity index (χ4v) is 7.88. The van der Waals surface area contributed by atoms with Crippen LogP contribution in [0.25, 0.3) is 0 Å². The van der Waals surface area contributed by atoms with Gasteiger partial charge >= 0.3 is 0 Å². The highest BCUT2D eigenvalue weighted by molar-refractivity contribution is 4.78. The largest absolute Gasteiger partial charge is 1.00 e. The molecule has 0 spiro atoms. The lowest BCUT2D eigenvalue weighted by molar-refractivity contribution is -0.946. The Morgan fingerprint density at radius 2 is 0.800 bits per heavy atom. The third-order valence-electron chi connectivity index (χ3n) is 9.87. The predicted octanol–water partition coefficient (Wildman–Crippen LogP) is -0.132. The highest BCUT2D eigenvalue weighted by Crippen LogP contribution is 2.38. The average Bonchev–Trinajstić information content (AvgIpc) is 2.71. The van der Waals surface area contributed by atoms with Crippen LogP contribution >= 0.6 is 0 Å². The molecular weight excluding hydrogens is 594 g/mol. The van der Waals surface area contributed by atoms with E-state index in [1.807, 2.05) is 0 Å². The number of rotatable bonds is 11. The number of nitrogens with zero attached hydrogens (tertiary/aromatic N) is 2. The van der Waals surface area contributed by atoms with E-state index in [1.54, 1.807) is 0 Å². The van der Waals surface area contributed by atoms with Gasteiger partial charge in [-0.2, -0.15) is 0 Å². The van der Waals surface area contributed by atoms with Gasteiger partial charge < -0.3 is 56.9 Å². The minimum Gasteiger partial charge on any atom is -1.00 e. The van der Waals surface area contributed by atoms with Crippen molar-refractivity contribution in [2.75, 3.05) is 52.4 Å². The normalized spacial score (nSPS) is 39.4. The topological polar surface area (TPSA) is 0 Å². The van der Waals surface area contributed by atoms with Crippen LogP contribution in [-0.2, 0) is 0 Å². The molecule has 2 nitrogen and oxygen atoms in total. The van der Waals surface area contributed by atoms with Gasteiger partial charge in [-0.05, 0) is 37.5 Å². The van der Waals surface area contributed by atoms with E-state index >= 15 is 0 Å². The highest BCUT2D eigenvalue weighted by atomic mass is 127. The van der Waals surface area contributed by atoms with Gasteiger partial charge in [-0.3, -0.25) is 0 Å². The number of quaternary nitrogens is 2. The minimum atomic E-state index is 0. The molecule has 2 unspecified atom stereocenters. The summed E-state index contributed by atoms with van der Waals surface area (Å²) in [5, 5.41) is 0. The smallest absolute Gasteiger partial charge is 0.0815 e. The van der Waals surface area contributed by atoms with E-state index in [0.717, 1.165) is 23.7 Å². The molecule has 6 saturated heterocycles. The van der Waals surface area contributed by atoms with Gasteiger partial charge in [0.25, 0.3) is 0 Å². The van der Waals surface area contributed by atoms with Gasteiger partial charge in [-0.25, -0.2) is 0 Å². The second-order valence-corrected chi connectivity index (χ2v) is 11.8. The zero-order chi connectivity index (χ0) is 19.5. The Morgan fingerprint density at radius 1 is 0.500 bits per heavy atom. The quantitative estimate of drug-likeness (QED) is 0.167. The average molecular weight is 645 g/mol. The van der Waals surface area contributed by atoms with Gasteiger partial charge in [0.2, 0.25) is 0 Å². The molecule has 2 atom stereocenters. The van der Waals surface area contributed by atoms with Crippen molar-refractivity contribution < 1.29 is 56.9 Å². The van der Waals surface area contributed by atoms with E-state index < -0.39 is 0 Å². The molecule has 178 valence electrons. The molecule has 6 aliphatic rings. The number of hydrogen-bond acceptors (Lipinski definition) is 0. The number of unbranched alkanes of at least 4 members (excludes halogenated alkanes) is 7. The van der Waals surface area contributed by atoms with Crippen LogP contribution in [0.1, 0.15) is 90.9 Å². The van der Waals surface area contributed by atoms with Crippen LogP contribution in [0.4, 0.5) is 0 Å². The molecule has 6 aliphatic heterocycles. The van der Waals surface area contributed by atoms with E-state index in [1.165, 1.54) is 138 Å². The summed E-state index contributed by atoms with van der Waals surface area (Å²) < 4.78 is 2.99. The number of fused-ring (bicyclic) bond motifs is 6. The van der Waals surface area contributed by atoms with Crippen LogP contribution in [0, 0.1) is 23.7 Å². The first-order chi connectivity index (χ1) is 13.6. The van der Waals surface area contributed by atoms with Crippen LogP contribution in [0.15, 0.2) is 0 Å². The van der Waals surface area contributed by atoms with E-state index in [9.17, 15) is 0 Å². The fourth-order valence-electron chi connectivity index (χ4n) is 7.88. The maximum Gasteiger partial charge on any atom is 0.0815 e. The van der Waals surface area contributed by atoms with Crippen molar-refractivity contribution in [2.45, 2.75) is 90.9 Å². The first-order valence-electron chi connectivity index (χ1n) is 13.3. The SMILES string of the molecule is CC1C[N+]2(CCCCCCCCCC[N+]34CCC(CC3)C(C)C4)CCC1CC2.[I-].[I-]. The monoisotopic (exact) mass is 644 g/mol. The van der Waals surface area contributed by atoms with Crippen molar-refractivity contribution in [3.05, 3.63) is 0 Å². The maximum absolute atomic E-state index is 2.52. The van der Waals surface area contributed by atoms with E-state index in [4.69, 9.17) is 0 Å². The number of piperidine rings is 6. The zero-order valence-electron chi connectivity index (χ0n) is 20.1. The first kappa shape index (κ1) is 27.6. The summed E-state index contributed by atoms with van der Waals surface area (Å²) in [6.07, 6.45) is 18.1. The van der Waals surface area contributed by atoms with Gasteiger partial charge in [-0.15, -0.1) is 0 Å². The minimum absolute atomic E-state index is 0. The van der Waals surface area contributed by atoms with Gasteiger partial charge in [-0.1, -0.05) is 39.5 Å². The molecule has 0 radical (unpaired) electrons. The van der Waals surface area contributed by atoms with E-state index in [-0.39, 0.29) is 48.0 Å². The molecule has 0 aromatic heterocycles. The summed E-state index contributed by atoms with van der Waals surface area (Å²) >= 11 is 0. The summed E-state index contributed by atoms with van der Waals surface area (Å²) in [7, 11) is 0. The third kappa shape index (κ3) is 6.94. The van der Waals surface area contributed by atoms with E-state index in [2.05, 4.69) is 13.8 Å². The second kappa shape index (κ2) is 12.7. The van der Waals surface area contributed by atoms with Crippen molar-refractivity contribution in [2.24, 2.45) is 23.7 Å². The summed E-state index contributed by atoms with van der Waals surface area (Å²) in [5.74, 6) is 4.17. The molecule has 0 aliphatic carbocycles. The van der Waals surface area contributed by atoms with Crippen molar-refractivity contribution in [3.8, 4) is 0 Å². The molecule has 4 heteroatoms. The van der Waals surface area contributed by atoms with Gasteiger partial charge in [0.1, 0.15) is 0 Å². The zero-order valence-corrected chi connectivity index (χ0v) is 24.4. The Hall–Kier alpha value is 1.38.